The van der Waals surface area contributed by atoms with Crippen molar-refractivity contribution >= 4 is 23.5 Å². The van der Waals surface area contributed by atoms with E-state index in [-0.39, 0.29) is 24.3 Å². The Hall–Kier alpha value is -4.00. The fraction of sp³-hybridized carbons (Fsp3) is 0.231. The number of pyridine rings is 1. The Labute approximate surface area is 193 Å². The van der Waals surface area contributed by atoms with Gasteiger partial charge in [0.05, 0.1) is 24.1 Å². The van der Waals surface area contributed by atoms with Gasteiger partial charge in [0.2, 0.25) is 0 Å². The molecule has 0 fully saturated rings. The molecule has 33 heavy (non-hydrogen) atoms. The Balaban J connectivity index is 1.75. The number of amides is 2. The van der Waals surface area contributed by atoms with Gasteiger partial charge < -0.3 is 15.4 Å². The van der Waals surface area contributed by atoms with Crippen LogP contribution in [-0.2, 0) is 9.53 Å². The predicted molar refractivity (Wildman–Crippen MR) is 126 cm³/mol. The summed E-state index contributed by atoms with van der Waals surface area (Å²) in [6.07, 6.45) is 2.81. The fourth-order valence-corrected chi connectivity index (χ4v) is 3.21. The number of aryl methyl sites for hydroxylation is 1. The summed E-state index contributed by atoms with van der Waals surface area (Å²) in [6, 6.07) is 17.0. The van der Waals surface area contributed by atoms with Crippen molar-refractivity contribution in [2.24, 2.45) is 0 Å². The third kappa shape index (κ3) is 7.00. The first kappa shape index (κ1) is 23.7. The number of anilines is 1. The Morgan fingerprint density at radius 3 is 2.33 bits per heavy atom. The van der Waals surface area contributed by atoms with Crippen molar-refractivity contribution in [2.45, 2.75) is 39.3 Å². The third-order valence-corrected chi connectivity index (χ3v) is 4.83. The van der Waals surface area contributed by atoms with Gasteiger partial charge in [-0.2, -0.15) is 0 Å². The number of esters is 1. The second-order valence-electron chi connectivity index (χ2n) is 7.96. The smallest absolute Gasteiger partial charge is 0.308 e. The third-order valence-electron chi connectivity index (χ3n) is 4.83. The van der Waals surface area contributed by atoms with Gasteiger partial charge in [0.1, 0.15) is 0 Å². The molecular formula is C26H27N3O4. The standard InChI is InChI=1S/C26H27N3O4/c1-17(2)33-24(30)15-23(19-11-9-18(3)10-12-19)29-25(31)20-6-4-8-22(14-20)28-26(32)21-7-5-13-27-16-21/h4-14,16-17,23H,15H2,1-3H3,(H,28,32)(H,29,31). The van der Waals surface area contributed by atoms with Crippen LogP contribution in [0.3, 0.4) is 0 Å². The molecule has 0 saturated carbocycles. The van der Waals surface area contributed by atoms with Crippen molar-refractivity contribution in [1.29, 1.82) is 0 Å². The van der Waals surface area contributed by atoms with E-state index in [0.717, 1.165) is 11.1 Å². The highest BCUT2D eigenvalue weighted by Crippen LogP contribution is 2.20. The quantitative estimate of drug-likeness (QED) is 0.499. The predicted octanol–water partition coefficient (Wildman–Crippen LogP) is 4.46. The second-order valence-corrected chi connectivity index (χ2v) is 7.96. The number of nitrogens with zero attached hydrogens (tertiary/aromatic N) is 1. The molecule has 0 bridgehead atoms. The molecule has 0 saturated heterocycles. The van der Waals surface area contributed by atoms with Crippen LogP contribution < -0.4 is 10.6 Å². The number of ether oxygens (including phenoxy) is 1. The van der Waals surface area contributed by atoms with E-state index >= 15 is 0 Å². The lowest BCUT2D eigenvalue weighted by atomic mass is 10.0. The number of benzene rings is 2. The molecule has 1 heterocycles. The van der Waals surface area contributed by atoms with Crippen LogP contribution in [0.5, 0.6) is 0 Å². The number of carbonyl (C=O) groups excluding carboxylic acids is 3. The van der Waals surface area contributed by atoms with Gasteiger partial charge in [-0.3, -0.25) is 19.4 Å². The zero-order valence-electron chi connectivity index (χ0n) is 18.9. The van der Waals surface area contributed by atoms with E-state index in [0.29, 0.717) is 16.8 Å². The van der Waals surface area contributed by atoms with Crippen molar-refractivity contribution in [3.05, 3.63) is 95.3 Å². The van der Waals surface area contributed by atoms with Gasteiger partial charge in [0, 0.05) is 23.6 Å². The van der Waals surface area contributed by atoms with Gasteiger partial charge in [-0.25, -0.2) is 0 Å². The Morgan fingerprint density at radius 1 is 0.939 bits per heavy atom. The fourth-order valence-electron chi connectivity index (χ4n) is 3.21. The Kier molecular flexibility index (Phi) is 7.91. The van der Waals surface area contributed by atoms with Gasteiger partial charge in [-0.15, -0.1) is 0 Å². The number of hydrogen-bond acceptors (Lipinski definition) is 5. The first-order chi connectivity index (χ1) is 15.8. The summed E-state index contributed by atoms with van der Waals surface area (Å²) in [5, 5.41) is 5.69. The van der Waals surface area contributed by atoms with Gasteiger partial charge in [-0.1, -0.05) is 35.9 Å². The molecule has 3 rings (SSSR count). The molecule has 0 aliphatic heterocycles. The molecule has 7 heteroatoms. The molecule has 0 radical (unpaired) electrons. The summed E-state index contributed by atoms with van der Waals surface area (Å²) in [4.78, 5) is 41.7. The number of carbonyl (C=O) groups is 3. The molecule has 2 aromatic carbocycles. The molecule has 7 nitrogen and oxygen atoms in total. The van der Waals surface area contributed by atoms with Gasteiger partial charge >= 0.3 is 5.97 Å². The molecule has 3 aromatic rings. The molecule has 2 N–H and O–H groups in total. The molecule has 1 aromatic heterocycles. The number of nitrogens with one attached hydrogen (secondary N) is 2. The van der Waals surface area contributed by atoms with Crippen LogP contribution in [0, 0.1) is 6.92 Å². The number of hydrogen-bond donors (Lipinski definition) is 2. The zero-order valence-corrected chi connectivity index (χ0v) is 18.9. The number of aromatic nitrogens is 1. The molecule has 2 amide bonds. The van der Waals surface area contributed by atoms with Crippen molar-refractivity contribution < 1.29 is 19.1 Å². The van der Waals surface area contributed by atoms with Gasteiger partial charge in [0.25, 0.3) is 11.8 Å². The maximum Gasteiger partial charge on any atom is 0.308 e. The van der Waals surface area contributed by atoms with Crippen LogP contribution in [0.1, 0.15) is 58.2 Å². The monoisotopic (exact) mass is 445 g/mol. The maximum absolute atomic E-state index is 13.0. The van der Waals surface area contributed by atoms with Gasteiger partial charge in [0.15, 0.2) is 0 Å². The van der Waals surface area contributed by atoms with E-state index in [9.17, 15) is 14.4 Å². The minimum atomic E-state index is -0.557. The summed E-state index contributed by atoms with van der Waals surface area (Å²) in [5.41, 5.74) is 3.12. The van der Waals surface area contributed by atoms with Crippen LogP contribution in [-0.4, -0.2) is 28.9 Å². The highest BCUT2D eigenvalue weighted by molar-refractivity contribution is 6.05. The highest BCUT2D eigenvalue weighted by Gasteiger charge is 2.21. The average Bonchev–Trinajstić information content (AvgIpc) is 2.79. The SMILES string of the molecule is Cc1ccc(C(CC(=O)OC(C)C)NC(=O)c2cccc(NC(=O)c3cccnc3)c2)cc1. The summed E-state index contributed by atoms with van der Waals surface area (Å²) >= 11 is 0. The van der Waals surface area contributed by atoms with E-state index in [2.05, 4.69) is 15.6 Å². The molecule has 0 spiro atoms. The minimum absolute atomic E-state index is 0.00438. The summed E-state index contributed by atoms with van der Waals surface area (Å²) < 4.78 is 5.28. The van der Waals surface area contributed by atoms with E-state index in [1.165, 1.54) is 6.20 Å². The average molecular weight is 446 g/mol. The molecule has 0 aliphatic rings. The first-order valence-electron chi connectivity index (χ1n) is 10.7. The van der Waals surface area contributed by atoms with Crippen molar-refractivity contribution in [3.63, 3.8) is 0 Å². The van der Waals surface area contributed by atoms with Crippen LogP contribution in [0.2, 0.25) is 0 Å². The molecular weight excluding hydrogens is 418 g/mol. The summed E-state index contributed by atoms with van der Waals surface area (Å²) in [5.74, 6) is -1.08. The Bertz CT molecular complexity index is 1110. The number of rotatable bonds is 8. The summed E-state index contributed by atoms with van der Waals surface area (Å²) in [7, 11) is 0. The second kappa shape index (κ2) is 11.0. The molecule has 1 unspecified atom stereocenters. The lowest BCUT2D eigenvalue weighted by Gasteiger charge is -2.20. The van der Waals surface area contributed by atoms with Gasteiger partial charge in [-0.05, 0) is 56.7 Å². The molecule has 0 aliphatic carbocycles. The van der Waals surface area contributed by atoms with Crippen molar-refractivity contribution in [3.8, 4) is 0 Å². The van der Waals surface area contributed by atoms with E-state index in [1.54, 1.807) is 56.4 Å². The Morgan fingerprint density at radius 2 is 1.67 bits per heavy atom. The van der Waals surface area contributed by atoms with Crippen LogP contribution in [0.15, 0.2) is 73.1 Å². The van der Waals surface area contributed by atoms with Crippen LogP contribution >= 0.6 is 0 Å². The lowest BCUT2D eigenvalue weighted by molar-refractivity contribution is -0.147. The maximum atomic E-state index is 13.0. The van der Waals surface area contributed by atoms with Crippen molar-refractivity contribution in [1.82, 2.24) is 10.3 Å². The molecule has 170 valence electrons. The van der Waals surface area contributed by atoms with Crippen LogP contribution in [0.4, 0.5) is 5.69 Å². The van der Waals surface area contributed by atoms with Crippen LogP contribution in [0.25, 0.3) is 0 Å². The van der Waals surface area contributed by atoms with Crippen molar-refractivity contribution in [2.75, 3.05) is 5.32 Å². The first-order valence-corrected chi connectivity index (χ1v) is 10.7. The van der Waals surface area contributed by atoms with E-state index < -0.39 is 12.0 Å². The lowest BCUT2D eigenvalue weighted by Crippen LogP contribution is -2.31. The normalized spacial score (nSPS) is 11.5. The molecule has 1 atom stereocenters. The zero-order chi connectivity index (χ0) is 23.8. The largest absolute Gasteiger partial charge is 0.463 e. The minimum Gasteiger partial charge on any atom is -0.463 e. The topological polar surface area (TPSA) is 97.4 Å². The van der Waals surface area contributed by atoms with E-state index in [4.69, 9.17) is 4.74 Å². The highest BCUT2D eigenvalue weighted by atomic mass is 16.5. The van der Waals surface area contributed by atoms with E-state index in [1.807, 2.05) is 31.2 Å². The summed E-state index contributed by atoms with van der Waals surface area (Å²) in [6.45, 7) is 5.53.